The van der Waals surface area contributed by atoms with Gasteiger partial charge in [0.25, 0.3) is 0 Å². The van der Waals surface area contributed by atoms with Gasteiger partial charge in [-0.15, -0.1) is 0 Å². The fourth-order valence-corrected chi connectivity index (χ4v) is 1.54. The number of ether oxygens (including phenoxy) is 1. The van der Waals surface area contributed by atoms with Gasteiger partial charge in [0, 0.05) is 24.0 Å². The summed E-state index contributed by atoms with van der Waals surface area (Å²) < 4.78 is 4.52. The van der Waals surface area contributed by atoms with E-state index in [1.807, 2.05) is 16.8 Å². The molecule has 3 nitrogen and oxygen atoms in total. The molecule has 0 fully saturated rings. The van der Waals surface area contributed by atoms with Crippen molar-refractivity contribution >= 4 is 23.0 Å². The van der Waals surface area contributed by atoms with Crippen LogP contribution in [0.15, 0.2) is 16.8 Å². The van der Waals surface area contributed by atoms with E-state index in [0.29, 0.717) is 6.42 Å². The smallest absolute Gasteiger partial charge is 0.305 e. The number of hydrogen-bond donors (Lipinski definition) is 1. The van der Waals surface area contributed by atoms with E-state index < -0.39 is 0 Å². The lowest BCUT2D eigenvalue weighted by Gasteiger charge is -2.02. The van der Waals surface area contributed by atoms with Gasteiger partial charge in [0.2, 0.25) is 0 Å². The predicted octanol–water partition coefficient (Wildman–Crippen LogP) is 2.11. The number of rotatable bonds is 5. The third-order valence-electron chi connectivity index (χ3n) is 1.64. The Morgan fingerprint density at radius 3 is 3.15 bits per heavy atom. The van der Waals surface area contributed by atoms with Crippen LogP contribution in [0.5, 0.6) is 0 Å². The molecule has 0 atom stereocenters. The number of methoxy groups -OCH3 is 1. The van der Waals surface area contributed by atoms with Gasteiger partial charge in [-0.3, -0.25) is 4.79 Å². The molecular formula is C9H13NO2S. The minimum Gasteiger partial charge on any atom is -0.469 e. The van der Waals surface area contributed by atoms with Crippen molar-refractivity contribution in [3.05, 3.63) is 16.8 Å². The lowest BCUT2D eigenvalue weighted by molar-refractivity contribution is -0.140. The number of esters is 1. The molecule has 1 aromatic heterocycles. The fourth-order valence-electron chi connectivity index (χ4n) is 0.933. The molecule has 0 radical (unpaired) electrons. The van der Waals surface area contributed by atoms with Crippen molar-refractivity contribution in [1.82, 2.24) is 0 Å². The van der Waals surface area contributed by atoms with Crippen LogP contribution in [0.2, 0.25) is 0 Å². The second-order valence-corrected chi connectivity index (χ2v) is 3.40. The Morgan fingerprint density at radius 1 is 1.69 bits per heavy atom. The average molecular weight is 199 g/mol. The molecule has 0 spiro atoms. The molecule has 0 bridgehead atoms. The van der Waals surface area contributed by atoms with Crippen LogP contribution in [0.3, 0.4) is 0 Å². The van der Waals surface area contributed by atoms with Crippen LogP contribution in [0.25, 0.3) is 0 Å². The zero-order valence-corrected chi connectivity index (χ0v) is 8.39. The van der Waals surface area contributed by atoms with E-state index in [1.165, 1.54) is 7.11 Å². The molecule has 0 amide bonds. The van der Waals surface area contributed by atoms with Gasteiger partial charge in [-0.05, 0) is 17.9 Å². The third-order valence-corrected chi connectivity index (χ3v) is 2.32. The minimum absolute atomic E-state index is 0.146. The number of anilines is 1. The highest BCUT2D eigenvalue weighted by Gasteiger charge is 1.98. The van der Waals surface area contributed by atoms with Crippen molar-refractivity contribution in [3.8, 4) is 0 Å². The zero-order valence-electron chi connectivity index (χ0n) is 7.58. The van der Waals surface area contributed by atoms with E-state index in [1.54, 1.807) is 11.3 Å². The summed E-state index contributed by atoms with van der Waals surface area (Å²) in [5.41, 5.74) is 1.12. The Balaban J connectivity index is 2.05. The van der Waals surface area contributed by atoms with Crippen molar-refractivity contribution < 1.29 is 9.53 Å². The molecule has 0 aliphatic carbocycles. The second-order valence-electron chi connectivity index (χ2n) is 2.62. The van der Waals surface area contributed by atoms with Crippen molar-refractivity contribution in [2.45, 2.75) is 12.8 Å². The van der Waals surface area contributed by atoms with Gasteiger partial charge in [-0.25, -0.2) is 0 Å². The van der Waals surface area contributed by atoms with Crippen molar-refractivity contribution in [2.24, 2.45) is 0 Å². The molecule has 1 aromatic rings. The summed E-state index contributed by atoms with van der Waals surface area (Å²) in [4.78, 5) is 10.7. The van der Waals surface area contributed by atoms with E-state index in [4.69, 9.17) is 0 Å². The lowest BCUT2D eigenvalue weighted by Crippen LogP contribution is -2.05. The monoisotopic (exact) mass is 199 g/mol. The Kier molecular flexibility index (Phi) is 4.32. The Morgan fingerprint density at radius 2 is 2.54 bits per heavy atom. The SMILES string of the molecule is COC(=O)CCCNc1ccsc1. The van der Waals surface area contributed by atoms with Crippen LogP contribution < -0.4 is 5.32 Å². The Labute approximate surface area is 81.7 Å². The topological polar surface area (TPSA) is 38.3 Å². The van der Waals surface area contributed by atoms with Crippen molar-refractivity contribution in [3.63, 3.8) is 0 Å². The maximum absolute atomic E-state index is 10.7. The van der Waals surface area contributed by atoms with E-state index in [9.17, 15) is 4.79 Å². The van der Waals surface area contributed by atoms with Crippen LogP contribution in [0.1, 0.15) is 12.8 Å². The third kappa shape index (κ3) is 3.94. The van der Waals surface area contributed by atoms with Gasteiger partial charge in [0.15, 0.2) is 0 Å². The van der Waals surface area contributed by atoms with E-state index >= 15 is 0 Å². The second kappa shape index (κ2) is 5.59. The molecule has 1 heterocycles. The molecule has 0 unspecified atom stereocenters. The summed E-state index contributed by atoms with van der Waals surface area (Å²) >= 11 is 1.65. The molecule has 1 N–H and O–H groups in total. The lowest BCUT2D eigenvalue weighted by atomic mass is 10.3. The average Bonchev–Trinajstić information content (AvgIpc) is 2.64. The van der Waals surface area contributed by atoms with Crippen molar-refractivity contribution in [2.75, 3.05) is 19.0 Å². The summed E-state index contributed by atoms with van der Waals surface area (Å²) in [5.74, 6) is -0.146. The summed E-state index contributed by atoms with van der Waals surface area (Å²) in [7, 11) is 1.41. The molecule has 72 valence electrons. The maximum atomic E-state index is 10.7. The molecule has 1 rings (SSSR count). The van der Waals surface area contributed by atoms with E-state index in [-0.39, 0.29) is 5.97 Å². The summed E-state index contributed by atoms with van der Waals surface area (Å²) in [6.07, 6.45) is 1.29. The standard InChI is InChI=1S/C9H13NO2S/c1-12-9(11)3-2-5-10-8-4-6-13-7-8/h4,6-7,10H,2-3,5H2,1H3. The molecule has 0 aliphatic rings. The number of thiophene rings is 1. The van der Waals surface area contributed by atoms with Gasteiger partial charge in [0.05, 0.1) is 7.11 Å². The normalized spacial score (nSPS) is 9.62. The maximum Gasteiger partial charge on any atom is 0.305 e. The first kappa shape index (κ1) is 10.1. The van der Waals surface area contributed by atoms with Crippen LogP contribution in [-0.4, -0.2) is 19.6 Å². The molecule has 0 saturated carbocycles. The zero-order chi connectivity index (χ0) is 9.52. The molecule has 13 heavy (non-hydrogen) atoms. The highest BCUT2D eigenvalue weighted by atomic mass is 32.1. The predicted molar refractivity (Wildman–Crippen MR) is 54.1 cm³/mol. The molecular weight excluding hydrogens is 186 g/mol. The first-order valence-electron chi connectivity index (χ1n) is 4.16. The molecule has 0 saturated heterocycles. The largest absolute Gasteiger partial charge is 0.469 e. The van der Waals surface area contributed by atoms with Crippen LogP contribution in [0.4, 0.5) is 5.69 Å². The number of hydrogen-bond acceptors (Lipinski definition) is 4. The first-order valence-corrected chi connectivity index (χ1v) is 5.10. The number of carbonyl (C=O) groups is 1. The number of carbonyl (C=O) groups excluding carboxylic acids is 1. The van der Waals surface area contributed by atoms with Crippen LogP contribution in [-0.2, 0) is 9.53 Å². The van der Waals surface area contributed by atoms with Gasteiger partial charge >= 0.3 is 5.97 Å². The molecule has 4 heteroatoms. The van der Waals surface area contributed by atoms with Gasteiger partial charge < -0.3 is 10.1 Å². The van der Waals surface area contributed by atoms with E-state index in [2.05, 4.69) is 10.1 Å². The molecule has 0 aliphatic heterocycles. The first-order chi connectivity index (χ1) is 6.33. The Bertz CT molecular complexity index is 246. The van der Waals surface area contributed by atoms with Gasteiger partial charge in [0.1, 0.15) is 0 Å². The van der Waals surface area contributed by atoms with Crippen molar-refractivity contribution in [1.29, 1.82) is 0 Å². The quantitative estimate of drug-likeness (QED) is 0.583. The Hall–Kier alpha value is -1.03. The highest BCUT2D eigenvalue weighted by Crippen LogP contribution is 2.11. The van der Waals surface area contributed by atoms with E-state index in [0.717, 1.165) is 18.7 Å². The summed E-state index contributed by atoms with van der Waals surface area (Å²) in [6.45, 7) is 0.811. The van der Waals surface area contributed by atoms with Crippen LogP contribution >= 0.6 is 11.3 Å². The molecule has 0 aromatic carbocycles. The fraction of sp³-hybridized carbons (Fsp3) is 0.444. The minimum atomic E-state index is -0.146. The summed E-state index contributed by atoms with van der Waals surface area (Å²) in [6, 6.07) is 2.02. The van der Waals surface area contributed by atoms with Gasteiger partial charge in [-0.2, -0.15) is 11.3 Å². The van der Waals surface area contributed by atoms with Gasteiger partial charge in [-0.1, -0.05) is 0 Å². The number of nitrogens with one attached hydrogen (secondary N) is 1. The summed E-state index contributed by atoms with van der Waals surface area (Å²) in [5, 5.41) is 7.26. The highest BCUT2D eigenvalue weighted by molar-refractivity contribution is 7.08. The van der Waals surface area contributed by atoms with Crippen LogP contribution in [0, 0.1) is 0 Å².